The number of benzene rings is 17. The Labute approximate surface area is 540 Å². The van der Waals surface area contributed by atoms with Gasteiger partial charge in [0.25, 0.3) is 0 Å². The lowest BCUT2D eigenvalue weighted by Gasteiger charge is -2.19. The van der Waals surface area contributed by atoms with Gasteiger partial charge in [-0.25, -0.2) is 0 Å². The molecule has 17 aromatic rings. The number of nitrogens with zero attached hydrogens (tertiary/aromatic N) is 4. The van der Waals surface area contributed by atoms with Crippen LogP contribution < -0.4 is 0 Å². The first kappa shape index (κ1) is 52.7. The normalized spacial score (nSPS) is 11.8. The summed E-state index contributed by atoms with van der Waals surface area (Å²) >= 11 is 0. The highest BCUT2D eigenvalue weighted by Crippen LogP contribution is 2.56. The summed E-state index contributed by atoms with van der Waals surface area (Å²) in [7, 11) is 0. The van der Waals surface area contributed by atoms with E-state index in [-0.39, 0.29) is 0 Å². The molecule has 17 aromatic carbocycles. The van der Waals surface area contributed by atoms with E-state index in [1.165, 1.54) is 71.8 Å². The lowest BCUT2D eigenvalue weighted by Crippen LogP contribution is -1.92. The second-order valence-corrected chi connectivity index (χ2v) is 25.0. The minimum atomic E-state index is 0.609. The van der Waals surface area contributed by atoms with Gasteiger partial charge >= 0.3 is 0 Å². The summed E-state index contributed by atoms with van der Waals surface area (Å²) in [6.07, 6.45) is 0. The summed E-state index contributed by atoms with van der Waals surface area (Å²) < 4.78 is 0. The first-order valence-electron chi connectivity index (χ1n) is 31.6. The Bertz CT molecular complexity index is 6450. The minimum absolute atomic E-state index is 0.609. The third-order valence-electron chi connectivity index (χ3n) is 20.3. The molecule has 0 saturated carbocycles. The summed E-state index contributed by atoms with van der Waals surface area (Å²) in [5, 5.41) is 58.1. The van der Waals surface area contributed by atoms with Crippen molar-refractivity contribution in [1.29, 1.82) is 21.0 Å². The molecule has 4 heteroatoms. The number of hydrogen-bond acceptors (Lipinski definition) is 4. The quantitative estimate of drug-likeness (QED) is 0.155. The molecule has 0 N–H and O–H groups in total. The third kappa shape index (κ3) is 7.70. The fourth-order valence-corrected chi connectivity index (χ4v) is 15.9. The molecule has 0 unspecified atom stereocenters. The van der Waals surface area contributed by atoms with Crippen molar-refractivity contribution in [3.8, 4) is 136 Å². The average molecular weight is 1180 g/mol. The van der Waals surface area contributed by atoms with Crippen LogP contribution in [0, 0.1) is 45.3 Å². The van der Waals surface area contributed by atoms with E-state index in [9.17, 15) is 21.0 Å². The van der Waals surface area contributed by atoms with E-state index in [4.69, 9.17) is 0 Å². The SMILES string of the molecule is N#Cc1ccc(-c2cc3c4cc5c(cc4c(-c4ccc(C#N)cc4)cc3c3ccccc23)-c2cccc3c(-c4ccc6c(-c7ccc(C#N)cc7)cc7c8cc9c(cc8c(-c8ccc(C#N)cc8)cc7c6c4)-c4cccc6c(-c7ccccc7)ccc-9c46)ccc-5c23)cc1. The molecule has 0 fully saturated rings. The van der Waals surface area contributed by atoms with Crippen LogP contribution in [0.15, 0.2) is 279 Å². The topological polar surface area (TPSA) is 95.2 Å². The fraction of sp³-hybridized carbons (Fsp3) is 0. The van der Waals surface area contributed by atoms with Crippen molar-refractivity contribution >= 4 is 86.2 Å². The molecule has 0 atom stereocenters. The molecule has 2 aliphatic carbocycles. The van der Waals surface area contributed by atoms with E-state index in [0.717, 1.165) is 126 Å². The fourth-order valence-electron chi connectivity index (χ4n) is 15.9. The summed E-state index contributed by atoms with van der Waals surface area (Å²) in [5.74, 6) is 0. The lowest BCUT2D eigenvalue weighted by molar-refractivity contribution is 1.48. The summed E-state index contributed by atoms with van der Waals surface area (Å²) in [4.78, 5) is 0. The molecule has 0 amide bonds. The largest absolute Gasteiger partial charge is 0.192 e. The molecule has 0 aromatic heterocycles. The third-order valence-corrected chi connectivity index (χ3v) is 20.3. The minimum Gasteiger partial charge on any atom is -0.192 e. The highest BCUT2D eigenvalue weighted by Gasteiger charge is 2.29. The number of rotatable bonds is 6. The van der Waals surface area contributed by atoms with Crippen molar-refractivity contribution in [2.45, 2.75) is 0 Å². The Morgan fingerprint density at radius 2 is 0.426 bits per heavy atom. The molecule has 4 nitrogen and oxygen atoms in total. The predicted molar refractivity (Wildman–Crippen MR) is 387 cm³/mol. The molecule has 0 bridgehead atoms. The molecule has 2 aliphatic rings. The zero-order valence-electron chi connectivity index (χ0n) is 50.3. The van der Waals surface area contributed by atoms with Crippen LogP contribution in [0.4, 0.5) is 0 Å². The summed E-state index contributed by atoms with van der Waals surface area (Å²) in [6, 6.07) is 109. The molecular formula is C90H46N4. The van der Waals surface area contributed by atoms with Gasteiger partial charge < -0.3 is 0 Å². The second kappa shape index (κ2) is 20.1. The Morgan fingerprint density at radius 3 is 0.851 bits per heavy atom. The van der Waals surface area contributed by atoms with Crippen LogP contribution in [-0.4, -0.2) is 0 Å². The Morgan fingerprint density at radius 1 is 0.149 bits per heavy atom. The van der Waals surface area contributed by atoms with E-state index in [0.29, 0.717) is 22.3 Å². The van der Waals surface area contributed by atoms with Crippen molar-refractivity contribution in [3.63, 3.8) is 0 Å². The van der Waals surface area contributed by atoms with Crippen LogP contribution in [0.5, 0.6) is 0 Å². The van der Waals surface area contributed by atoms with Crippen molar-refractivity contribution < 1.29 is 0 Å². The molecule has 0 radical (unpaired) electrons. The molecule has 0 heterocycles. The smallest absolute Gasteiger partial charge is 0.0991 e. The highest BCUT2D eigenvalue weighted by molar-refractivity contribution is 6.30. The van der Waals surface area contributed by atoms with E-state index in [2.05, 4.69) is 255 Å². The number of fused-ring (bicyclic) bond motifs is 16. The van der Waals surface area contributed by atoms with E-state index < -0.39 is 0 Å². The van der Waals surface area contributed by atoms with E-state index in [1.54, 1.807) is 0 Å². The van der Waals surface area contributed by atoms with Gasteiger partial charge in [0, 0.05) is 0 Å². The molecular weight excluding hydrogens is 1140 g/mol. The maximum Gasteiger partial charge on any atom is 0.0991 e. The second-order valence-electron chi connectivity index (χ2n) is 25.0. The van der Waals surface area contributed by atoms with Gasteiger partial charge in [-0.1, -0.05) is 176 Å². The van der Waals surface area contributed by atoms with Gasteiger partial charge in [-0.3, -0.25) is 0 Å². The maximum atomic E-state index is 10.0. The summed E-state index contributed by atoms with van der Waals surface area (Å²) in [5.41, 5.74) is 25.2. The van der Waals surface area contributed by atoms with Gasteiger partial charge in [0.2, 0.25) is 0 Å². The van der Waals surface area contributed by atoms with Gasteiger partial charge in [-0.2, -0.15) is 21.0 Å². The van der Waals surface area contributed by atoms with Crippen LogP contribution in [0.2, 0.25) is 0 Å². The van der Waals surface area contributed by atoms with Crippen molar-refractivity contribution in [2.24, 2.45) is 0 Å². The van der Waals surface area contributed by atoms with Gasteiger partial charge in [-0.05, 0) is 301 Å². The molecule has 426 valence electrons. The number of nitriles is 4. The van der Waals surface area contributed by atoms with E-state index >= 15 is 0 Å². The van der Waals surface area contributed by atoms with Gasteiger partial charge in [0.05, 0.1) is 46.5 Å². The highest BCUT2D eigenvalue weighted by atomic mass is 14.3. The first-order valence-corrected chi connectivity index (χ1v) is 31.6. The first-order chi connectivity index (χ1) is 46.4. The Hall–Kier alpha value is -13.2. The molecule has 19 rings (SSSR count). The Kier molecular flexibility index (Phi) is 11.3. The van der Waals surface area contributed by atoms with Gasteiger partial charge in [0.15, 0.2) is 0 Å². The molecule has 0 spiro atoms. The average Bonchev–Trinajstić information content (AvgIpc) is 1.35. The van der Waals surface area contributed by atoms with Crippen LogP contribution in [0.3, 0.4) is 0 Å². The van der Waals surface area contributed by atoms with Gasteiger partial charge in [-0.15, -0.1) is 0 Å². The maximum absolute atomic E-state index is 10.0. The van der Waals surface area contributed by atoms with Crippen LogP contribution >= 0.6 is 0 Å². The zero-order chi connectivity index (χ0) is 62.4. The zero-order valence-corrected chi connectivity index (χ0v) is 50.3. The number of hydrogen-bond donors (Lipinski definition) is 0. The van der Waals surface area contributed by atoms with Crippen molar-refractivity contribution in [1.82, 2.24) is 0 Å². The monoisotopic (exact) mass is 1180 g/mol. The molecule has 0 aliphatic heterocycles. The summed E-state index contributed by atoms with van der Waals surface area (Å²) in [6.45, 7) is 0. The molecule has 0 saturated heterocycles. The molecule has 94 heavy (non-hydrogen) atoms. The lowest BCUT2D eigenvalue weighted by atomic mass is 9.84. The van der Waals surface area contributed by atoms with Crippen LogP contribution in [0.25, 0.3) is 197 Å². The van der Waals surface area contributed by atoms with Crippen LogP contribution in [-0.2, 0) is 0 Å². The van der Waals surface area contributed by atoms with Gasteiger partial charge in [0.1, 0.15) is 0 Å². The van der Waals surface area contributed by atoms with Crippen LogP contribution in [0.1, 0.15) is 22.3 Å². The van der Waals surface area contributed by atoms with Crippen molar-refractivity contribution in [3.05, 3.63) is 301 Å². The predicted octanol–water partition coefficient (Wildman–Crippen LogP) is 23.7. The Balaban J connectivity index is 0.848. The van der Waals surface area contributed by atoms with Crippen molar-refractivity contribution in [2.75, 3.05) is 0 Å². The van der Waals surface area contributed by atoms with E-state index in [1.807, 2.05) is 48.5 Å². The standard InChI is InChI=1S/C90H46N4/c91-47-51-16-24-56(25-17-51)72-39-85-77(64-11-5-4-10-63(64)72)41-74(58-28-20-53(49-93)21-29-58)82-43-79-69-15-7-13-67-62(35-37-71(90(67)69)80(79)45-87(82)85)60-32-33-65-73(57-26-18-52(48-92)19-27-57)40-86-84(76(65)38-60)42-75(59-30-22-54(50-94)23-31-59)83-44-78-68-14-6-12-66-61(55-8-2-1-3-9-55)34-36-70(89(66)68)81(78)46-88(83)86/h1-46H.